The first-order chi connectivity index (χ1) is 14.0. The van der Waals surface area contributed by atoms with Crippen molar-refractivity contribution in [3.05, 3.63) is 65.2 Å². The summed E-state index contributed by atoms with van der Waals surface area (Å²) in [5, 5.41) is 12.9. The molecule has 3 rings (SSSR count). The van der Waals surface area contributed by atoms with E-state index in [0.29, 0.717) is 37.0 Å². The van der Waals surface area contributed by atoms with Crippen LogP contribution < -0.4 is 10.1 Å². The minimum atomic E-state index is -0.276. The molecule has 0 aliphatic carbocycles. The van der Waals surface area contributed by atoms with E-state index in [1.807, 2.05) is 31.2 Å². The smallest absolute Gasteiger partial charge is 0.252 e. The van der Waals surface area contributed by atoms with Crippen molar-refractivity contribution < 1.29 is 19.4 Å². The molecule has 0 saturated carbocycles. The van der Waals surface area contributed by atoms with Crippen molar-refractivity contribution in [3.8, 4) is 5.75 Å². The number of hydrogen-bond acceptors (Lipinski definition) is 5. The molecule has 2 N–H and O–H groups in total. The monoisotopic (exact) mass is 396 g/mol. The number of aryl methyl sites for hydroxylation is 1. The standard InChI is InChI=1S/C23H28N2O4/c1-17-2-8-21(9-3-17)29-15-12-22(25-13-10-20(27)11-14-25)24-23(28)19-6-4-18(16-26)5-7-19/h2-9,16,20,22,27H,10-15H2,1H3,(H,24,28). The summed E-state index contributed by atoms with van der Waals surface area (Å²) in [7, 11) is 0. The van der Waals surface area contributed by atoms with Gasteiger partial charge in [-0.15, -0.1) is 0 Å². The number of piperidine rings is 1. The highest BCUT2D eigenvalue weighted by Crippen LogP contribution is 2.16. The molecule has 2 aromatic carbocycles. The van der Waals surface area contributed by atoms with E-state index in [9.17, 15) is 14.7 Å². The van der Waals surface area contributed by atoms with Gasteiger partial charge in [-0.1, -0.05) is 29.8 Å². The largest absolute Gasteiger partial charge is 0.493 e. The van der Waals surface area contributed by atoms with E-state index < -0.39 is 0 Å². The van der Waals surface area contributed by atoms with Crippen LogP contribution in [-0.2, 0) is 0 Å². The van der Waals surface area contributed by atoms with Crippen molar-refractivity contribution in [2.75, 3.05) is 19.7 Å². The average molecular weight is 396 g/mol. The van der Waals surface area contributed by atoms with Crippen molar-refractivity contribution >= 4 is 12.2 Å². The summed E-state index contributed by atoms with van der Waals surface area (Å²) in [5.74, 6) is 0.619. The molecule has 2 aromatic rings. The summed E-state index contributed by atoms with van der Waals surface area (Å²) < 4.78 is 5.85. The van der Waals surface area contributed by atoms with E-state index in [-0.39, 0.29) is 18.2 Å². The van der Waals surface area contributed by atoms with E-state index in [1.165, 1.54) is 5.56 Å². The van der Waals surface area contributed by atoms with Gasteiger partial charge in [-0.05, 0) is 44.0 Å². The molecule has 0 radical (unpaired) electrons. The first-order valence-electron chi connectivity index (χ1n) is 10.0. The van der Waals surface area contributed by atoms with Gasteiger partial charge in [-0.3, -0.25) is 14.5 Å². The predicted molar refractivity (Wildman–Crippen MR) is 111 cm³/mol. The van der Waals surface area contributed by atoms with Crippen LogP contribution in [0.1, 0.15) is 45.5 Å². The molecule has 1 unspecified atom stereocenters. The summed E-state index contributed by atoms with van der Waals surface area (Å²) >= 11 is 0. The number of amides is 1. The number of carbonyl (C=O) groups excluding carboxylic acids is 2. The summed E-state index contributed by atoms with van der Waals surface area (Å²) in [6.07, 6.45) is 2.31. The summed E-state index contributed by atoms with van der Waals surface area (Å²) in [6, 6.07) is 14.5. The van der Waals surface area contributed by atoms with Gasteiger partial charge in [-0.2, -0.15) is 0 Å². The van der Waals surface area contributed by atoms with E-state index in [1.54, 1.807) is 24.3 Å². The number of aliphatic hydroxyl groups is 1. The van der Waals surface area contributed by atoms with Gasteiger partial charge in [0.25, 0.3) is 5.91 Å². The lowest BCUT2D eigenvalue weighted by Crippen LogP contribution is -2.52. The lowest BCUT2D eigenvalue weighted by molar-refractivity contribution is 0.0420. The van der Waals surface area contributed by atoms with Crippen molar-refractivity contribution in [2.24, 2.45) is 0 Å². The van der Waals surface area contributed by atoms with E-state index in [2.05, 4.69) is 10.2 Å². The molecule has 1 heterocycles. The Labute approximate surface area is 171 Å². The third-order valence-corrected chi connectivity index (χ3v) is 5.23. The number of aliphatic hydroxyl groups excluding tert-OH is 1. The third kappa shape index (κ3) is 6.14. The average Bonchev–Trinajstić information content (AvgIpc) is 2.75. The fourth-order valence-corrected chi connectivity index (χ4v) is 3.41. The number of nitrogens with one attached hydrogen (secondary N) is 1. The Kier molecular flexibility index (Phi) is 7.38. The van der Waals surface area contributed by atoms with Gasteiger partial charge in [0.1, 0.15) is 12.0 Å². The highest BCUT2D eigenvalue weighted by Gasteiger charge is 2.25. The Morgan fingerprint density at radius 1 is 1.17 bits per heavy atom. The molecule has 0 aromatic heterocycles. The molecule has 0 bridgehead atoms. The molecule has 0 spiro atoms. The summed E-state index contributed by atoms with van der Waals surface area (Å²) in [4.78, 5) is 25.7. The molecule has 29 heavy (non-hydrogen) atoms. The second-order valence-electron chi connectivity index (χ2n) is 7.45. The van der Waals surface area contributed by atoms with Crippen LogP contribution >= 0.6 is 0 Å². The lowest BCUT2D eigenvalue weighted by atomic mass is 10.1. The maximum absolute atomic E-state index is 12.7. The molecule has 1 atom stereocenters. The number of aldehydes is 1. The Hall–Kier alpha value is -2.70. The molecule has 1 amide bonds. The van der Waals surface area contributed by atoms with Crippen molar-refractivity contribution in [3.63, 3.8) is 0 Å². The van der Waals surface area contributed by atoms with E-state index in [4.69, 9.17) is 4.74 Å². The number of ether oxygens (including phenoxy) is 1. The Morgan fingerprint density at radius 3 is 2.45 bits per heavy atom. The summed E-state index contributed by atoms with van der Waals surface area (Å²) in [5.41, 5.74) is 2.22. The fourth-order valence-electron chi connectivity index (χ4n) is 3.41. The van der Waals surface area contributed by atoms with Gasteiger partial charge in [0.05, 0.1) is 18.9 Å². The minimum absolute atomic E-state index is 0.186. The molecular formula is C23H28N2O4. The zero-order valence-corrected chi connectivity index (χ0v) is 16.7. The van der Waals surface area contributed by atoms with E-state index in [0.717, 1.165) is 25.1 Å². The normalized spacial score (nSPS) is 16.2. The van der Waals surface area contributed by atoms with Gasteiger partial charge in [0.15, 0.2) is 0 Å². The first-order valence-corrected chi connectivity index (χ1v) is 10.0. The predicted octanol–water partition coefficient (Wildman–Crippen LogP) is 2.79. The van der Waals surface area contributed by atoms with Crippen molar-refractivity contribution in [1.82, 2.24) is 10.2 Å². The van der Waals surface area contributed by atoms with Crippen LogP contribution in [0.4, 0.5) is 0 Å². The molecule has 6 heteroatoms. The van der Waals surface area contributed by atoms with Crippen LogP contribution in [0, 0.1) is 6.92 Å². The zero-order valence-electron chi connectivity index (χ0n) is 16.7. The fraction of sp³-hybridized carbons (Fsp3) is 0.391. The van der Waals surface area contributed by atoms with Crippen molar-refractivity contribution in [2.45, 2.75) is 38.5 Å². The second kappa shape index (κ2) is 10.2. The van der Waals surface area contributed by atoms with Gasteiger partial charge in [0, 0.05) is 30.6 Å². The SMILES string of the molecule is Cc1ccc(OCCC(NC(=O)c2ccc(C=O)cc2)N2CCC(O)CC2)cc1. The van der Waals surface area contributed by atoms with Crippen LogP contribution in [0.5, 0.6) is 5.75 Å². The maximum atomic E-state index is 12.7. The maximum Gasteiger partial charge on any atom is 0.252 e. The molecule has 6 nitrogen and oxygen atoms in total. The van der Waals surface area contributed by atoms with Gasteiger partial charge in [0.2, 0.25) is 0 Å². The number of nitrogens with zero attached hydrogens (tertiary/aromatic N) is 1. The van der Waals surface area contributed by atoms with E-state index >= 15 is 0 Å². The van der Waals surface area contributed by atoms with Crippen molar-refractivity contribution in [1.29, 1.82) is 0 Å². The highest BCUT2D eigenvalue weighted by atomic mass is 16.5. The first kappa shape index (κ1) is 21.0. The molecule has 154 valence electrons. The lowest BCUT2D eigenvalue weighted by Gasteiger charge is -2.36. The number of hydrogen-bond donors (Lipinski definition) is 2. The molecule has 1 aliphatic rings. The van der Waals surface area contributed by atoms with Crippen LogP contribution in [0.15, 0.2) is 48.5 Å². The number of benzene rings is 2. The van der Waals surface area contributed by atoms with Crippen LogP contribution in [-0.4, -0.2) is 54.2 Å². The molecule has 1 fully saturated rings. The number of rotatable bonds is 8. The van der Waals surface area contributed by atoms with Crippen LogP contribution in [0.25, 0.3) is 0 Å². The Balaban J connectivity index is 1.62. The minimum Gasteiger partial charge on any atom is -0.493 e. The Morgan fingerprint density at radius 2 is 1.83 bits per heavy atom. The molecule has 1 aliphatic heterocycles. The van der Waals surface area contributed by atoms with Crippen LogP contribution in [0.3, 0.4) is 0 Å². The van der Waals surface area contributed by atoms with Crippen LogP contribution in [0.2, 0.25) is 0 Å². The summed E-state index contributed by atoms with van der Waals surface area (Å²) in [6.45, 7) is 3.94. The van der Waals surface area contributed by atoms with Gasteiger partial charge >= 0.3 is 0 Å². The number of likely N-dealkylation sites (tertiary alicyclic amines) is 1. The number of carbonyl (C=O) groups is 2. The molecular weight excluding hydrogens is 368 g/mol. The topological polar surface area (TPSA) is 78.9 Å². The van der Waals surface area contributed by atoms with Gasteiger partial charge in [-0.25, -0.2) is 0 Å². The zero-order chi connectivity index (χ0) is 20.6. The third-order valence-electron chi connectivity index (χ3n) is 5.23. The second-order valence-corrected chi connectivity index (χ2v) is 7.45. The quantitative estimate of drug-likeness (QED) is 0.671. The van der Waals surface area contributed by atoms with Gasteiger partial charge < -0.3 is 15.2 Å². The highest BCUT2D eigenvalue weighted by molar-refractivity contribution is 5.95. The molecule has 1 saturated heterocycles. The Bertz CT molecular complexity index is 797.